The summed E-state index contributed by atoms with van der Waals surface area (Å²) in [5.74, 6) is -1.23. The number of anilines is 1. The first kappa shape index (κ1) is 20.8. The summed E-state index contributed by atoms with van der Waals surface area (Å²) < 4.78 is 47.8. The van der Waals surface area contributed by atoms with Gasteiger partial charge in [0.1, 0.15) is 0 Å². The molecule has 11 nitrogen and oxygen atoms in total. The largest absolute Gasteiger partial charge is 0.460 e. The molecule has 0 aliphatic rings. The standard InChI is InChI=1S/C20H10F3N9O2/c1-24-14-8-12(9-26-17(14)32-27-5-6-28-32)30-19(33)13-10-29-31(16(13)20(21,22)23)18-15-11(2-4-25-18)3-7-34-15/h2-10H,(H,30,33). The number of pyridine rings is 2. The topological polar surface area (TPSA) is 121 Å². The van der Waals surface area contributed by atoms with Crippen molar-refractivity contribution in [1.29, 1.82) is 0 Å². The summed E-state index contributed by atoms with van der Waals surface area (Å²) in [6, 6.07) is 4.38. The van der Waals surface area contributed by atoms with Crippen molar-refractivity contribution in [2.75, 3.05) is 5.32 Å². The molecule has 0 saturated carbocycles. The van der Waals surface area contributed by atoms with E-state index >= 15 is 0 Å². The number of carbonyl (C=O) groups is 1. The number of nitrogens with zero attached hydrogens (tertiary/aromatic N) is 8. The number of furan rings is 1. The van der Waals surface area contributed by atoms with E-state index in [1.807, 2.05) is 0 Å². The molecule has 5 aromatic rings. The van der Waals surface area contributed by atoms with E-state index in [1.54, 1.807) is 12.1 Å². The van der Waals surface area contributed by atoms with E-state index in [1.165, 1.54) is 37.1 Å². The summed E-state index contributed by atoms with van der Waals surface area (Å²) in [6.07, 6.45) is 2.40. The predicted octanol–water partition coefficient (Wildman–Crippen LogP) is 3.81. The lowest BCUT2D eigenvalue weighted by Crippen LogP contribution is -2.21. The Labute approximate surface area is 187 Å². The fraction of sp³-hybridized carbons (Fsp3) is 0.0500. The lowest BCUT2D eigenvalue weighted by Gasteiger charge is -2.12. The first-order chi connectivity index (χ1) is 16.4. The molecule has 0 radical (unpaired) electrons. The predicted molar refractivity (Wildman–Crippen MR) is 110 cm³/mol. The maximum Gasteiger partial charge on any atom is 0.434 e. The third-order valence-electron chi connectivity index (χ3n) is 4.67. The second-order valence-corrected chi connectivity index (χ2v) is 6.74. The molecular formula is C20H10F3N9O2. The minimum Gasteiger partial charge on any atom is -0.460 e. The van der Waals surface area contributed by atoms with E-state index in [9.17, 15) is 18.0 Å². The molecule has 5 aromatic heterocycles. The van der Waals surface area contributed by atoms with Crippen LogP contribution in [0.1, 0.15) is 16.1 Å². The van der Waals surface area contributed by atoms with E-state index in [2.05, 4.69) is 35.4 Å². The molecule has 5 heterocycles. The SMILES string of the molecule is [C-]#[N+]c1cc(NC(=O)c2cnn(-c3nccc4ccoc34)c2C(F)(F)F)cnc1-n1nccn1. The molecule has 0 aliphatic carbocycles. The number of amides is 1. The normalized spacial score (nSPS) is 11.5. The van der Waals surface area contributed by atoms with Gasteiger partial charge in [-0.25, -0.2) is 19.5 Å². The van der Waals surface area contributed by atoms with Crippen molar-refractivity contribution in [3.8, 4) is 11.6 Å². The molecule has 5 rings (SSSR count). The first-order valence-electron chi connectivity index (χ1n) is 9.40. The number of hydrogen-bond donors (Lipinski definition) is 1. The van der Waals surface area contributed by atoms with Gasteiger partial charge < -0.3 is 9.73 Å². The van der Waals surface area contributed by atoms with Crippen molar-refractivity contribution in [3.05, 3.63) is 78.1 Å². The highest BCUT2D eigenvalue weighted by Crippen LogP contribution is 2.35. The third-order valence-corrected chi connectivity index (χ3v) is 4.67. The van der Waals surface area contributed by atoms with Crippen molar-refractivity contribution in [2.45, 2.75) is 6.18 Å². The fourth-order valence-electron chi connectivity index (χ4n) is 3.25. The lowest BCUT2D eigenvalue weighted by atomic mass is 10.2. The van der Waals surface area contributed by atoms with Crippen molar-refractivity contribution in [3.63, 3.8) is 0 Å². The average Bonchev–Trinajstić information content (AvgIpc) is 3.58. The molecule has 34 heavy (non-hydrogen) atoms. The zero-order chi connectivity index (χ0) is 23.9. The van der Waals surface area contributed by atoms with E-state index in [0.717, 1.165) is 11.0 Å². The van der Waals surface area contributed by atoms with Crippen molar-refractivity contribution in [1.82, 2.24) is 34.7 Å². The highest BCUT2D eigenvalue weighted by molar-refractivity contribution is 6.05. The van der Waals surface area contributed by atoms with E-state index in [-0.39, 0.29) is 28.6 Å². The summed E-state index contributed by atoms with van der Waals surface area (Å²) in [6.45, 7) is 7.32. The Hall–Kier alpha value is -5.06. The minimum absolute atomic E-state index is 0.000887. The van der Waals surface area contributed by atoms with Gasteiger partial charge in [0.2, 0.25) is 5.69 Å². The molecule has 168 valence electrons. The molecule has 1 N–H and O–H groups in total. The Morgan fingerprint density at radius 1 is 1.06 bits per heavy atom. The van der Waals surface area contributed by atoms with Gasteiger partial charge in [0.05, 0.1) is 43.2 Å². The van der Waals surface area contributed by atoms with Gasteiger partial charge in [0.25, 0.3) is 5.91 Å². The first-order valence-corrected chi connectivity index (χ1v) is 9.40. The number of nitrogens with one attached hydrogen (secondary N) is 1. The van der Waals surface area contributed by atoms with Crippen LogP contribution < -0.4 is 5.32 Å². The van der Waals surface area contributed by atoms with Crippen LogP contribution >= 0.6 is 0 Å². The molecule has 14 heteroatoms. The molecule has 0 fully saturated rings. The summed E-state index contributed by atoms with van der Waals surface area (Å²) in [4.78, 5) is 25.2. The van der Waals surface area contributed by atoms with Gasteiger partial charge in [-0.3, -0.25) is 4.79 Å². The molecular weight excluding hydrogens is 455 g/mol. The third kappa shape index (κ3) is 3.50. The highest BCUT2D eigenvalue weighted by Gasteiger charge is 2.41. The van der Waals surface area contributed by atoms with Crippen LogP contribution in [-0.4, -0.2) is 40.6 Å². The number of carbonyl (C=O) groups excluding carboxylic acids is 1. The number of hydrogen-bond acceptors (Lipinski definition) is 7. The van der Waals surface area contributed by atoms with Crippen LogP contribution in [-0.2, 0) is 6.18 Å². The van der Waals surface area contributed by atoms with Gasteiger partial charge in [-0.15, -0.1) is 4.80 Å². The molecule has 0 unspecified atom stereocenters. The number of alkyl halides is 3. The van der Waals surface area contributed by atoms with E-state index < -0.39 is 23.3 Å². The Morgan fingerprint density at radius 2 is 1.85 bits per heavy atom. The summed E-state index contributed by atoms with van der Waals surface area (Å²) in [5, 5.41) is 14.4. The monoisotopic (exact) mass is 465 g/mol. The molecule has 0 atom stereocenters. The summed E-state index contributed by atoms with van der Waals surface area (Å²) in [7, 11) is 0. The Bertz CT molecular complexity index is 1560. The molecule has 0 aromatic carbocycles. The van der Waals surface area contributed by atoms with Crippen LogP contribution in [0.4, 0.5) is 24.5 Å². The van der Waals surface area contributed by atoms with Gasteiger partial charge in [-0.2, -0.15) is 28.5 Å². The maximum atomic E-state index is 14.0. The van der Waals surface area contributed by atoms with Crippen molar-refractivity contribution >= 4 is 28.3 Å². The van der Waals surface area contributed by atoms with Crippen LogP contribution in [0.15, 0.2) is 59.9 Å². The van der Waals surface area contributed by atoms with Gasteiger partial charge in [0.15, 0.2) is 22.9 Å². The Morgan fingerprint density at radius 3 is 2.59 bits per heavy atom. The molecule has 1 amide bonds. The van der Waals surface area contributed by atoms with Gasteiger partial charge in [0, 0.05) is 17.3 Å². The summed E-state index contributed by atoms with van der Waals surface area (Å²) in [5.41, 5.74) is -2.03. The van der Waals surface area contributed by atoms with Crippen LogP contribution in [0, 0.1) is 6.57 Å². The number of halogens is 3. The number of aromatic nitrogens is 7. The zero-order valence-electron chi connectivity index (χ0n) is 16.7. The van der Waals surface area contributed by atoms with Crippen LogP contribution in [0.25, 0.3) is 27.4 Å². The Balaban J connectivity index is 1.53. The van der Waals surface area contributed by atoms with Crippen molar-refractivity contribution < 1.29 is 22.4 Å². The number of fused-ring (bicyclic) bond motifs is 1. The molecule has 0 bridgehead atoms. The smallest absolute Gasteiger partial charge is 0.434 e. The quantitative estimate of drug-likeness (QED) is 0.401. The van der Waals surface area contributed by atoms with E-state index in [0.29, 0.717) is 10.1 Å². The average molecular weight is 465 g/mol. The second-order valence-electron chi connectivity index (χ2n) is 6.74. The fourth-order valence-corrected chi connectivity index (χ4v) is 3.25. The lowest BCUT2D eigenvalue weighted by molar-refractivity contribution is -0.143. The van der Waals surface area contributed by atoms with Crippen molar-refractivity contribution in [2.24, 2.45) is 0 Å². The second kappa shape index (κ2) is 7.81. The Kier molecular flexibility index (Phi) is 4.79. The minimum atomic E-state index is -4.95. The maximum absolute atomic E-state index is 14.0. The highest BCUT2D eigenvalue weighted by atomic mass is 19.4. The number of rotatable bonds is 4. The zero-order valence-corrected chi connectivity index (χ0v) is 16.7. The summed E-state index contributed by atoms with van der Waals surface area (Å²) >= 11 is 0. The van der Waals surface area contributed by atoms with E-state index in [4.69, 9.17) is 11.0 Å². The van der Waals surface area contributed by atoms with Gasteiger partial charge in [-0.1, -0.05) is 0 Å². The van der Waals surface area contributed by atoms with Crippen LogP contribution in [0.5, 0.6) is 0 Å². The van der Waals surface area contributed by atoms with Gasteiger partial charge >= 0.3 is 6.18 Å². The molecule has 0 aliphatic heterocycles. The van der Waals surface area contributed by atoms with Crippen LogP contribution in [0.3, 0.4) is 0 Å². The molecule has 0 saturated heterocycles. The van der Waals surface area contributed by atoms with Gasteiger partial charge in [-0.05, 0) is 18.2 Å². The van der Waals surface area contributed by atoms with Crippen LogP contribution in [0.2, 0.25) is 0 Å². The molecule has 0 spiro atoms.